The molecule has 1 N–H and O–H groups in total. The molecule has 0 spiro atoms. The highest BCUT2D eigenvalue weighted by Crippen LogP contribution is 2.20. The number of aryl methyl sites for hydroxylation is 1. The Kier molecular flexibility index (Phi) is 4.07. The molecule has 0 saturated heterocycles. The molecule has 0 bridgehead atoms. The van der Waals surface area contributed by atoms with Crippen LogP contribution in [0.25, 0.3) is 0 Å². The fourth-order valence-electron chi connectivity index (χ4n) is 1.89. The van der Waals surface area contributed by atoms with Gasteiger partial charge < -0.3 is 5.32 Å². The monoisotopic (exact) mass is 257 g/mol. The first-order chi connectivity index (χ1) is 9.18. The zero-order valence-corrected chi connectivity index (χ0v) is 10.7. The molecule has 2 rings (SSSR count). The average Bonchev–Trinajstić information content (AvgIpc) is 2.41. The number of benzene rings is 1. The quantitative estimate of drug-likeness (QED) is 0.660. The van der Waals surface area contributed by atoms with Crippen LogP contribution in [0.15, 0.2) is 42.6 Å². The highest BCUT2D eigenvalue weighted by molar-refractivity contribution is 5.55. The number of aromatic nitrogens is 1. The summed E-state index contributed by atoms with van der Waals surface area (Å²) in [6, 6.07) is 11.1. The molecule has 0 fully saturated rings. The van der Waals surface area contributed by atoms with Crippen molar-refractivity contribution in [2.75, 3.05) is 11.9 Å². The summed E-state index contributed by atoms with van der Waals surface area (Å²) in [5, 5.41) is 13.9. The summed E-state index contributed by atoms with van der Waals surface area (Å²) in [5.41, 5.74) is 2.46. The van der Waals surface area contributed by atoms with Gasteiger partial charge in [-0.1, -0.05) is 24.3 Å². The largest absolute Gasteiger partial charge is 0.364 e. The summed E-state index contributed by atoms with van der Waals surface area (Å²) in [5.74, 6) is 0.320. The third-order valence-electron chi connectivity index (χ3n) is 2.93. The summed E-state index contributed by atoms with van der Waals surface area (Å²) < 4.78 is 0. The van der Waals surface area contributed by atoms with Crippen molar-refractivity contribution >= 4 is 11.5 Å². The van der Waals surface area contributed by atoms with Crippen LogP contribution < -0.4 is 5.32 Å². The number of rotatable bonds is 5. The zero-order valence-electron chi connectivity index (χ0n) is 10.7. The molecule has 1 aromatic heterocycles. The third-order valence-corrected chi connectivity index (χ3v) is 2.93. The number of nitrogens with zero attached hydrogens (tertiary/aromatic N) is 2. The predicted molar refractivity (Wildman–Crippen MR) is 74.3 cm³/mol. The van der Waals surface area contributed by atoms with Crippen LogP contribution in [0.2, 0.25) is 0 Å². The second kappa shape index (κ2) is 5.95. The number of anilines is 1. The molecular formula is C14H15N3O2. The van der Waals surface area contributed by atoms with Crippen molar-refractivity contribution in [3.05, 3.63) is 63.8 Å². The van der Waals surface area contributed by atoms with Gasteiger partial charge in [-0.15, -0.1) is 0 Å². The van der Waals surface area contributed by atoms with Gasteiger partial charge in [0.15, 0.2) is 0 Å². The zero-order chi connectivity index (χ0) is 13.7. The molecule has 0 saturated carbocycles. The summed E-state index contributed by atoms with van der Waals surface area (Å²) in [7, 11) is 0. The lowest BCUT2D eigenvalue weighted by molar-refractivity contribution is -0.384. The van der Waals surface area contributed by atoms with Crippen LogP contribution in [0.1, 0.15) is 11.1 Å². The van der Waals surface area contributed by atoms with Crippen LogP contribution in [0.4, 0.5) is 11.5 Å². The summed E-state index contributed by atoms with van der Waals surface area (Å²) in [6.45, 7) is 2.67. The molecule has 1 heterocycles. The first-order valence-corrected chi connectivity index (χ1v) is 6.06. The third kappa shape index (κ3) is 3.28. The first-order valence-electron chi connectivity index (χ1n) is 6.06. The molecule has 0 aliphatic heterocycles. The van der Waals surface area contributed by atoms with E-state index in [4.69, 9.17) is 0 Å². The topological polar surface area (TPSA) is 68.1 Å². The van der Waals surface area contributed by atoms with Crippen molar-refractivity contribution in [3.8, 4) is 0 Å². The Balaban J connectivity index is 2.00. The number of nitro groups is 1. The number of nitrogens with one attached hydrogen (secondary N) is 1. The Morgan fingerprint density at radius 3 is 2.79 bits per heavy atom. The van der Waals surface area contributed by atoms with Gasteiger partial charge in [-0.2, -0.15) is 0 Å². The van der Waals surface area contributed by atoms with Crippen molar-refractivity contribution < 1.29 is 4.92 Å². The summed E-state index contributed by atoms with van der Waals surface area (Å²) in [6.07, 6.45) is 2.35. The standard InChI is InChI=1S/C14H15N3O2/c1-11-5-2-3-6-12(11)8-10-16-14-13(17(18)19)7-4-9-15-14/h2-7,9H,8,10H2,1H3,(H,15,16). The minimum absolute atomic E-state index is 0.00674. The highest BCUT2D eigenvalue weighted by Gasteiger charge is 2.13. The van der Waals surface area contributed by atoms with Gasteiger partial charge in [-0.05, 0) is 30.5 Å². The number of hydrogen-bond acceptors (Lipinski definition) is 4. The second-order valence-electron chi connectivity index (χ2n) is 4.23. The lowest BCUT2D eigenvalue weighted by Gasteiger charge is -2.07. The minimum atomic E-state index is -0.427. The molecule has 98 valence electrons. The molecule has 19 heavy (non-hydrogen) atoms. The molecule has 0 radical (unpaired) electrons. The van der Waals surface area contributed by atoms with Crippen molar-refractivity contribution in [3.63, 3.8) is 0 Å². The van der Waals surface area contributed by atoms with Gasteiger partial charge >= 0.3 is 5.69 Å². The van der Waals surface area contributed by atoms with E-state index >= 15 is 0 Å². The molecule has 0 aliphatic carbocycles. The molecule has 5 heteroatoms. The van der Waals surface area contributed by atoms with Gasteiger partial charge in [0.25, 0.3) is 0 Å². The Bertz CT molecular complexity index is 584. The van der Waals surface area contributed by atoms with E-state index in [9.17, 15) is 10.1 Å². The van der Waals surface area contributed by atoms with E-state index in [1.54, 1.807) is 12.3 Å². The van der Waals surface area contributed by atoms with E-state index in [1.807, 2.05) is 12.1 Å². The smallest absolute Gasteiger partial charge is 0.311 e. The number of hydrogen-bond donors (Lipinski definition) is 1. The normalized spacial score (nSPS) is 10.2. The van der Waals surface area contributed by atoms with Crippen molar-refractivity contribution in [1.82, 2.24) is 4.98 Å². The average molecular weight is 257 g/mol. The Morgan fingerprint density at radius 2 is 2.05 bits per heavy atom. The summed E-state index contributed by atoms with van der Waals surface area (Å²) >= 11 is 0. The maximum atomic E-state index is 10.8. The highest BCUT2D eigenvalue weighted by atomic mass is 16.6. The molecular weight excluding hydrogens is 242 g/mol. The minimum Gasteiger partial charge on any atom is -0.364 e. The number of pyridine rings is 1. The first kappa shape index (κ1) is 13.0. The van der Waals surface area contributed by atoms with E-state index in [1.165, 1.54) is 17.2 Å². The van der Waals surface area contributed by atoms with Crippen LogP contribution in [-0.2, 0) is 6.42 Å². The van der Waals surface area contributed by atoms with E-state index in [2.05, 4.69) is 29.4 Å². The van der Waals surface area contributed by atoms with Gasteiger partial charge in [-0.3, -0.25) is 10.1 Å². The van der Waals surface area contributed by atoms with Gasteiger partial charge in [0.1, 0.15) is 0 Å². The lowest BCUT2D eigenvalue weighted by atomic mass is 10.1. The van der Waals surface area contributed by atoms with Crippen LogP contribution in [0, 0.1) is 17.0 Å². The fraction of sp³-hybridized carbons (Fsp3) is 0.214. The molecule has 0 atom stereocenters. The molecule has 1 aromatic carbocycles. The van der Waals surface area contributed by atoms with Crippen LogP contribution >= 0.6 is 0 Å². The van der Waals surface area contributed by atoms with Crippen molar-refractivity contribution in [2.45, 2.75) is 13.3 Å². The van der Waals surface area contributed by atoms with E-state index < -0.39 is 4.92 Å². The molecule has 0 unspecified atom stereocenters. The van der Waals surface area contributed by atoms with E-state index in [0.717, 1.165) is 6.42 Å². The van der Waals surface area contributed by atoms with Crippen molar-refractivity contribution in [2.24, 2.45) is 0 Å². The lowest BCUT2D eigenvalue weighted by Crippen LogP contribution is -2.08. The Hall–Kier alpha value is -2.43. The SMILES string of the molecule is Cc1ccccc1CCNc1ncccc1[N+](=O)[O-]. The Labute approximate surface area is 111 Å². The molecule has 5 nitrogen and oxygen atoms in total. The fourth-order valence-corrected chi connectivity index (χ4v) is 1.89. The molecule has 0 amide bonds. The second-order valence-corrected chi connectivity index (χ2v) is 4.23. The van der Waals surface area contributed by atoms with Crippen LogP contribution in [-0.4, -0.2) is 16.5 Å². The predicted octanol–water partition coefficient (Wildman–Crippen LogP) is 2.95. The van der Waals surface area contributed by atoms with Gasteiger partial charge in [0, 0.05) is 18.8 Å². The maximum Gasteiger partial charge on any atom is 0.311 e. The van der Waals surface area contributed by atoms with Gasteiger partial charge in [0.2, 0.25) is 5.82 Å². The van der Waals surface area contributed by atoms with E-state index in [0.29, 0.717) is 12.4 Å². The molecule has 2 aromatic rings. The van der Waals surface area contributed by atoms with Crippen molar-refractivity contribution in [1.29, 1.82) is 0 Å². The summed E-state index contributed by atoms with van der Waals surface area (Å²) in [4.78, 5) is 14.4. The van der Waals surface area contributed by atoms with Crippen LogP contribution in [0.5, 0.6) is 0 Å². The maximum absolute atomic E-state index is 10.8. The van der Waals surface area contributed by atoms with Crippen LogP contribution in [0.3, 0.4) is 0 Å². The molecule has 0 aliphatic rings. The Morgan fingerprint density at radius 1 is 1.26 bits per heavy atom. The van der Waals surface area contributed by atoms with E-state index in [-0.39, 0.29) is 5.69 Å². The van der Waals surface area contributed by atoms with Gasteiger partial charge in [-0.25, -0.2) is 4.98 Å². The van der Waals surface area contributed by atoms with Gasteiger partial charge in [0.05, 0.1) is 4.92 Å².